The standard InChI is InChI=1S/C12H13BrFNO/c1-8-4-9(2-3-11(8)14)6-15-7-10(13)5-12(15)16/h2-4,10H,5-7H2,1H3. The van der Waals surface area contributed by atoms with Crippen LogP contribution in [0.3, 0.4) is 0 Å². The average Bonchev–Trinajstić information content (AvgIpc) is 2.51. The molecule has 1 amide bonds. The summed E-state index contributed by atoms with van der Waals surface area (Å²) < 4.78 is 13.1. The Kier molecular flexibility index (Phi) is 3.28. The van der Waals surface area contributed by atoms with Crippen LogP contribution in [0.25, 0.3) is 0 Å². The van der Waals surface area contributed by atoms with E-state index in [1.807, 2.05) is 0 Å². The van der Waals surface area contributed by atoms with E-state index in [4.69, 9.17) is 0 Å². The largest absolute Gasteiger partial charge is 0.337 e. The number of rotatable bonds is 2. The van der Waals surface area contributed by atoms with Gasteiger partial charge < -0.3 is 4.90 Å². The van der Waals surface area contributed by atoms with Crippen LogP contribution in [0.1, 0.15) is 17.5 Å². The molecule has 0 aliphatic carbocycles. The number of alkyl halides is 1. The van der Waals surface area contributed by atoms with Gasteiger partial charge in [0, 0.05) is 24.3 Å². The summed E-state index contributed by atoms with van der Waals surface area (Å²) in [6, 6.07) is 4.98. The van der Waals surface area contributed by atoms with Crippen LogP contribution in [-0.2, 0) is 11.3 Å². The minimum absolute atomic E-state index is 0.156. The van der Waals surface area contributed by atoms with Gasteiger partial charge in [0.15, 0.2) is 0 Å². The lowest BCUT2D eigenvalue weighted by Gasteiger charge is -2.16. The fourth-order valence-electron chi connectivity index (χ4n) is 1.90. The molecule has 1 heterocycles. The summed E-state index contributed by atoms with van der Waals surface area (Å²) in [5.41, 5.74) is 1.60. The number of hydrogen-bond donors (Lipinski definition) is 0. The molecule has 1 aromatic carbocycles. The summed E-state index contributed by atoms with van der Waals surface area (Å²) in [5, 5.41) is 0. The Balaban J connectivity index is 2.09. The number of aryl methyl sites for hydroxylation is 1. The van der Waals surface area contributed by atoms with E-state index < -0.39 is 0 Å². The topological polar surface area (TPSA) is 20.3 Å². The van der Waals surface area contributed by atoms with E-state index in [2.05, 4.69) is 15.9 Å². The van der Waals surface area contributed by atoms with Crippen molar-refractivity contribution in [1.82, 2.24) is 4.90 Å². The Morgan fingerprint density at radius 2 is 2.31 bits per heavy atom. The second-order valence-electron chi connectivity index (χ2n) is 4.16. The van der Waals surface area contributed by atoms with Gasteiger partial charge in [0.05, 0.1) is 0 Å². The molecule has 0 radical (unpaired) electrons. The number of halogens is 2. The second-order valence-corrected chi connectivity index (χ2v) is 5.45. The summed E-state index contributed by atoms with van der Waals surface area (Å²) in [5.74, 6) is -0.0429. The molecule has 4 heteroatoms. The van der Waals surface area contributed by atoms with Gasteiger partial charge in [-0.1, -0.05) is 28.1 Å². The van der Waals surface area contributed by atoms with E-state index in [9.17, 15) is 9.18 Å². The van der Waals surface area contributed by atoms with E-state index in [0.717, 1.165) is 12.1 Å². The van der Waals surface area contributed by atoms with Gasteiger partial charge in [-0.2, -0.15) is 0 Å². The number of carbonyl (C=O) groups is 1. The lowest BCUT2D eigenvalue weighted by Crippen LogP contribution is -2.24. The summed E-state index contributed by atoms with van der Waals surface area (Å²) in [6.07, 6.45) is 0.556. The highest BCUT2D eigenvalue weighted by Gasteiger charge is 2.27. The van der Waals surface area contributed by atoms with Crippen molar-refractivity contribution in [3.63, 3.8) is 0 Å². The minimum atomic E-state index is -0.199. The monoisotopic (exact) mass is 285 g/mol. The molecule has 0 saturated carbocycles. The van der Waals surface area contributed by atoms with Gasteiger partial charge in [-0.3, -0.25) is 4.79 Å². The minimum Gasteiger partial charge on any atom is -0.337 e. The van der Waals surface area contributed by atoms with Crippen LogP contribution < -0.4 is 0 Å². The molecule has 0 spiro atoms. The SMILES string of the molecule is Cc1cc(CN2CC(Br)CC2=O)ccc1F. The summed E-state index contributed by atoms with van der Waals surface area (Å²) in [7, 11) is 0. The molecular formula is C12H13BrFNO. The maximum absolute atomic E-state index is 13.1. The zero-order chi connectivity index (χ0) is 11.7. The van der Waals surface area contributed by atoms with Crippen LogP contribution in [0.4, 0.5) is 4.39 Å². The first kappa shape index (κ1) is 11.6. The number of hydrogen-bond acceptors (Lipinski definition) is 1. The van der Waals surface area contributed by atoms with Crippen molar-refractivity contribution in [1.29, 1.82) is 0 Å². The van der Waals surface area contributed by atoms with Crippen molar-refractivity contribution in [3.05, 3.63) is 35.1 Å². The van der Waals surface area contributed by atoms with Crippen LogP contribution in [0.5, 0.6) is 0 Å². The molecule has 1 aliphatic rings. The van der Waals surface area contributed by atoms with Crippen molar-refractivity contribution in [2.75, 3.05) is 6.54 Å². The molecule has 1 fully saturated rings. The third-order valence-corrected chi connectivity index (χ3v) is 3.38. The third kappa shape index (κ3) is 2.43. The molecular weight excluding hydrogens is 273 g/mol. The first-order valence-electron chi connectivity index (χ1n) is 5.23. The molecule has 1 aromatic rings. The highest BCUT2D eigenvalue weighted by Crippen LogP contribution is 2.21. The molecule has 1 aliphatic heterocycles. The fourth-order valence-corrected chi connectivity index (χ4v) is 2.53. The van der Waals surface area contributed by atoms with Gasteiger partial charge >= 0.3 is 0 Å². The van der Waals surface area contributed by atoms with Crippen LogP contribution in [-0.4, -0.2) is 22.2 Å². The van der Waals surface area contributed by atoms with Crippen molar-refractivity contribution < 1.29 is 9.18 Å². The Morgan fingerprint density at radius 1 is 1.56 bits per heavy atom. The molecule has 1 atom stereocenters. The smallest absolute Gasteiger partial charge is 0.224 e. The highest BCUT2D eigenvalue weighted by molar-refractivity contribution is 9.09. The van der Waals surface area contributed by atoms with E-state index in [1.54, 1.807) is 24.0 Å². The molecule has 2 rings (SSSR count). The number of amides is 1. The number of benzene rings is 1. The van der Waals surface area contributed by atoms with Crippen LogP contribution >= 0.6 is 15.9 Å². The fraction of sp³-hybridized carbons (Fsp3) is 0.417. The van der Waals surface area contributed by atoms with Crippen molar-refractivity contribution >= 4 is 21.8 Å². The van der Waals surface area contributed by atoms with Gasteiger partial charge in [-0.15, -0.1) is 0 Å². The molecule has 1 saturated heterocycles. The number of carbonyl (C=O) groups excluding carboxylic acids is 1. The van der Waals surface area contributed by atoms with E-state index in [-0.39, 0.29) is 16.6 Å². The normalized spacial score (nSPS) is 20.6. The molecule has 0 N–H and O–H groups in total. The van der Waals surface area contributed by atoms with Gasteiger partial charge in [0.25, 0.3) is 0 Å². The maximum atomic E-state index is 13.1. The van der Waals surface area contributed by atoms with Crippen molar-refractivity contribution in [3.8, 4) is 0 Å². The molecule has 86 valence electrons. The highest BCUT2D eigenvalue weighted by atomic mass is 79.9. The Morgan fingerprint density at radius 3 is 2.88 bits per heavy atom. The van der Waals surface area contributed by atoms with Gasteiger partial charge in [0.1, 0.15) is 5.82 Å². The first-order chi connectivity index (χ1) is 7.56. The molecule has 1 unspecified atom stereocenters. The van der Waals surface area contributed by atoms with E-state index >= 15 is 0 Å². The van der Waals surface area contributed by atoms with E-state index in [1.165, 1.54) is 6.07 Å². The van der Waals surface area contributed by atoms with Crippen LogP contribution in [0.2, 0.25) is 0 Å². The summed E-state index contributed by atoms with van der Waals surface area (Å²) in [4.78, 5) is 13.6. The average molecular weight is 286 g/mol. The maximum Gasteiger partial charge on any atom is 0.224 e. The van der Waals surface area contributed by atoms with Crippen LogP contribution in [0, 0.1) is 12.7 Å². The summed E-state index contributed by atoms with van der Waals surface area (Å²) >= 11 is 3.44. The van der Waals surface area contributed by atoms with E-state index in [0.29, 0.717) is 18.5 Å². The predicted molar refractivity (Wildman–Crippen MR) is 63.9 cm³/mol. The Labute approximate surface area is 103 Å². The van der Waals surface area contributed by atoms with Crippen molar-refractivity contribution in [2.45, 2.75) is 24.7 Å². The van der Waals surface area contributed by atoms with Crippen molar-refractivity contribution in [2.24, 2.45) is 0 Å². The first-order valence-corrected chi connectivity index (χ1v) is 6.14. The van der Waals surface area contributed by atoms with Gasteiger partial charge in [-0.05, 0) is 24.1 Å². The van der Waals surface area contributed by atoms with Crippen LogP contribution in [0.15, 0.2) is 18.2 Å². The molecule has 0 aromatic heterocycles. The predicted octanol–water partition coefficient (Wildman–Crippen LogP) is 2.63. The number of nitrogens with zero attached hydrogens (tertiary/aromatic N) is 1. The molecule has 2 nitrogen and oxygen atoms in total. The Hall–Kier alpha value is -0.900. The summed E-state index contributed by atoms with van der Waals surface area (Å²) in [6.45, 7) is 3.04. The third-order valence-electron chi connectivity index (χ3n) is 2.76. The number of likely N-dealkylation sites (tertiary alicyclic amines) is 1. The lowest BCUT2D eigenvalue weighted by molar-refractivity contribution is -0.128. The van der Waals surface area contributed by atoms with Gasteiger partial charge in [0.2, 0.25) is 5.91 Å². The molecule has 0 bridgehead atoms. The zero-order valence-electron chi connectivity index (χ0n) is 9.04. The lowest BCUT2D eigenvalue weighted by atomic mass is 10.1. The second kappa shape index (κ2) is 4.53. The quantitative estimate of drug-likeness (QED) is 0.765. The molecule has 16 heavy (non-hydrogen) atoms. The van der Waals surface area contributed by atoms with Gasteiger partial charge in [-0.25, -0.2) is 4.39 Å². The zero-order valence-corrected chi connectivity index (χ0v) is 10.6. The Bertz CT molecular complexity index is 421.